The van der Waals surface area contributed by atoms with E-state index in [4.69, 9.17) is 0 Å². The Hall–Kier alpha value is -1.84. The van der Waals surface area contributed by atoms with Crippen LogP contribution < -0.4 is 10.2 Å². The summed E-state index contributed by atoms with van der Waals surface area (Å²) in [5.74, 6) is 1.05. The fourth-order valence-corrected chi connectivity index (χ4v) is 3.84. The molecule has 24 heavy (non-hydrogen) atoms. The summed E-state index contributed by atoms with van der Waals surface area (Å²) in [6.07, 6.45) is 4.27. The van der Waals surface area contributed by atoms with Gasteiger partial charge in [-0.15, -0.1) is 0 Å². The highest BCUT2D eigenvalue weighted by molar-refractivity contribution is 5.97. The van der Waals surface area contributed by atoms with E-state index in [1.54, 1.807) is 0 Å². The number of carbonyl (C=O) groups excluding carboxylic acids is 2. The average Bonchev–Trinajstić information content (AvgIpc) is 3.03. The maximum Gasteiger partial charge on any atom is 0.230 e. The van der Waals surface area contributed by atoms with Crippen molar-refractivity contribution < 1.29 is 9.59 Å². The van der Waals surface area contributed by atoms with E-state index < -0.39 is 0 Å². The number of anilines is 1. The Labute approximate surface area is 144 Å². The van der Waals surface area contributed by atoms with Crippen LogP contribution in [0.4, 0.5) is 5.69 Å². The van der Waals surface area contributed by atoms with E-state index in [2.05, 4.69) is 25.2 Å². The van der Waals surface area contributed by atoms with E-state index in [0.29, 0.717) is 5.92 Å². The van der Waals surface area contributed by atoms with Gasteiger partial charge in [-0.2, -0.15) is 0 Å². The summed E-state index contributed by atoms with van der Waals surface area (Å²) < 4.78 is 0. The lowest BCUT2D eigenvalue weighted by molar-refractivity contribution is -0.129. The molecule has 130 valence electrons. The monoisotopic (exact) mass is 328 g/mol. The predicted octanol–water partition coefficient (Wildman–Crippen LogP) is 3.15. The Balaban J connectivity index is 1.54. The normalized spacial score (nSPS) is 23.2. The molecule has 4 heteroatoms. The molecule has 1 aliphatic carbocycles. The molecule has 1 fully saturated rings. The van der Waals surface area contributed by atoms with Crippen LogP contribution in [0.3, 0.4) is 0 Å². The second-order valence-corrected chi connectivity index (χ2v) is 7.56. The van der Waals surface area contributed by atoms with Gasteiger partial charge in [-0.05, 0) is 49.7 Å². The van der Waals surface area contributed by atoms with E-state index >= 15 is 0 Å². The Bertz CT molecular complexity index is 603. The van der Waals surface area contributed by atoms with Crippen LogP contribution >= 0.6 is 0 Å². The summed E-state index contributed by atoms with van der Waals surface area (Å²) >= 11 is 0. The van der Waals surface area contributed by atoms with Gasteiger partial charge in [0.1, 0.15) is 0 Å². The van der Waals surface area contributed by atoms with Crippen molar-refractivity contribution >= 4 is 17.5 Å². The van der Waals surface area contributed by atoms with Gasteiger partial charge in [0.05, 0.1) is 0 Å². The number of rotatable bonds is 4. The van der Waals surface area contributed by atoms with Gasteiger partial charge in [0, 0.05) is 30.6 Å². The quantitative estimate of drug-likeness (QED) is 0.923. The minimum atomic E-state index is 0.0744. The van der Waals surface area contributed by atoms with Crippen LogP contribution in [0.1, 0.15) is 45.1 Å². The summed E-state index contributed by atoms with van der Waals surface area (Å²) in [6, 6.07) is 8.19. The molecular weight excluding hydrogens is 300 g/mol. The zero-order valence-corrected chi connectivity index (χ0v) is 14.8. The van der Waals surface area contributed by atoms with Crippen molar-refractivity contribution in [2.45, 2.75) is 46.0 Å². The third-order valence-corrected chi connectivity index (χ3v) is 5.28. The van der Waals surface area contributed by atoms with E-state index in [9.17, 15) is 9.59 Å². The molecule has 1 N–H and O–H groups in total. The minimum Gasteiger partial charge on any atom is -0.356 e. The molecule has 1 aromatic rings. The highest BCUT2D eigenvalue weighted by atomic mass is 16.2. The van der Waals surface area contributed by atoms with Crippen molar-refractivity contribution in [3.05, 3.63) is 29.8 Å². The van der Waals surface area contributed by atoms with Crippen molar-refractivity contribution in [1.29, 1.82) is 0 Å². The van der Waals surface area contributed by atoms with Gasteiger partial charge < -0.3 is 10.2 Å². The summed E-state index contributed by atoms with van der Waals surface area (Å²) in [4.78, 5) is 27.0. The summed E-state index contributed by atoms with van der Waals surface area (Å²) in [6.45, 7) is 5.74. The molecule has 0 saturated heterocycles. The molecule has 0 spiro atoms. The number of hydrogen-bond donors (Lipinski definition) is 1. The molecule has 1 aliphatic heterocycles. The first-order valence-electron chi connectivity index (χ1n) is 9.23. The highest BCUT2D eigenvalue weighted by Crippen LogP contribution is 2.34. The summed E-state index contributed by atoms with van der Waals surface area (Å²) in [5, 5.41) is 3.03. The zero-order chi connectivity index (χ0) is 17.1. The molecule has 1 aromatic carbocycles. The van der Waals surface area contributed by atoms with Gasteiger partial charge in [-0.1, -0.05) is 32.0 Å². The Morgan fingerprint density at radius 2 is 1.79 bits per heavy atom. The van der Waals surface area contributed by atoms with Crippen molar-refractivity contribution in [1.82, 2.24) is 5.32 Å². The number of hydrogen-bond acceptors (Lipinski definition) is 2. The molecule has 0 unspecified atom stereocenters. The van der Waals surface area contributed by atoms with Crippen LogP contribution in [-0.2, 0) is 16.0 Å². The molecule has 0 radical (unpaired) electrons. The minimum absolute atomic E-state index is 0.0744. The smallest absolute Gasteiger partial charge is 0.230 e. The van der Waals surface area contributed by atoms with Crippen LogP contribution in [0.2, 0.25) is 0 Å². The molecule has 3 rings (SSSR count). The number of carbonyl (C=O) groups is 2. The lowest BCUT2D eigenvalue weighted by atomic mass is 9.81. The predicted molar refractivity (Wildman–Crippen MR) is 95.8 cm³/mol. The number of nitrogens with zero attached hydrogens (tertiary/aromatic N) is 1. The van der Waals surface area contributed by atoms with E-state index in [0.717, 1.165) is 50.9 Å². The van der Waals surface area contributed by atoms with Crippen molar-refractivity contribution in [2.75, 3.05) is 18.0 Å². The maximum absolute atomic E-state index is 12.9. The first-order valence-corrected chi connectivity index (χ1v) is 9.23. The van der Waals surface area contributed by atoms with Gasteiger partial charge in [0.2, 0.25) is 11.8 Å². The van der Waals surface area contributed by atoms with Crippen LogP contribution in [0, 0.1) is 17.8 Å². The number of para-hydroxylation sites is 1. The number of amides is 2. The third kappa shape index (κ3) is 3.63. The van der Waals surface area contributed by atoms with Crippen LogP contribution in [0.5, 0.6) is 0 Å². The molecule has 4 nitrogen and oxygen atoms in total. The van der Waals surface area contributed by atoms with E-state index in [1.807, 2.05) is 23.1 Å². The van der Waals surface area contributed by atoms with Gasteiger partial charge in [0.25, 0.3) is 0 Å². The first-order chi connectivity index (χ1) is 11.6. The van der Waals surface area contributed by atoms with Gasteiger partial charge in [-0.3, -0.25) is 9.59 Å². The topological polar surface area (TPSA) is 49.4 Å². The van der Waals surface area contributed by atoms with Crippen LogP contribution in [0.25, 0.3) is 0 Å². The Morgan fingerprint density at radius 1 is 1.12 bits per heavy atom. The molecule has 0 aromatic heterocycles. The molecule has 0 atom stereocenters. The van der Waals surface area contributed by atoms with Crippen LogP contribution in [-0.4, -0.2) is 24.9 Å². The standard InChI is InChI=1S/C20H28N2O2/c1-14(2)13-21-19(23)16-7-9-17(10-8-16)20(24)22-12-11-15-5-3-4-6-18(15)22/h3-6,14,16-17H,7-13H2,1-2H3,(H,21,23). The number of benzene rings is 1. The van der Waals surface area contributed by atoms with Crippen molar-refractivity contribution in [3.8, 4) is 0 Å². The van der Waals surface area contributed by atoms with E-state index in [1.165, 1.54) is 5.56 Å². The second kappa shape index (κ2) is 7.37. The SMILES string of the molecule is CC(C)CNC(=O)C1CCC(C(=O)N2CCc3ccccc32)CC1. The fourth-order valence-electron chi connectivity index (χ4n) is 3.84. The average molecular weight is 328 g/mol. The largest absolute Gasteiger partial charge is 0.356 e. The number of fused-ring (bicyclic) bond motifs is 1. The molecule has 1 heterocycles. The molecule has 0 bridgehead atoms. The Kier molecular flexibility index (Phi) is 5.22. The van der Waals surface area contributed by atoms with Gasteiger partial charge in [0.15, 0.2) is 0 Å². The molecular formula is C20H28N2O2. The Morgan fingerprint density at radius 3 is 2.50 bits per heavy atom. The molecule has 1 saturated carbocycles. The molecule has 2 aliphatic rings. The van der Waals surface area contributed by atoms with Crippen molar-refractivity contribution in [2.24, 2.45) is 17.8 Å². The first kappa shape index (κ1) is 17.0. The molecule has 2 amide bonds. The zero-order valence-electron chi connectivity index (χ0n) is 14.8. The van der Waals surface area contributed by atoms with E-state index in [-0.39, 0.29) is 23.7 Å². The van der Waals surface area contributed by atoms with Gasteiger partial charge in [-0.25, -0.2) is 0 Å². The third-order valence-electron chi connectivity index (χ3n) is 5.28. The lowest BCUT2D eigenvalue weighted by Crippen LogP contribution is -2.39. The second-order valence-electron chi connectivity index (χ2n) is 7.56. The summed E-state index contributed by atoms with van der Waals surface area (Å²) in [5.41, 5.74) is 2.35. The lowest BCUT2D eigenvalue weighted by Gasteiger charge is -2.30. The van der Waals surface area contributed by atoms with Gasteiger partial charge >= 0.3 is 0 Å². The number of nitrogens with one attached hydrogen (secondary N) is 1. The fraction of sp³-hybridized carbons (Fsp3) is 0.600. The maximum atomic E-state index is 12.9. The van der Waals surface area contributed by atoms with Crippen molar-refractivity contribution in [3.63, 3.8) is 0 Å². The highest BCUT2D eigenvalue weighted by Gasteiger charge is 2.34. The summed E-state index contributed by atoms with van der Waals surface area (Å²) in [7, 11) is 0. The van der Waals surface area contributed by atoms with Crippen LogP contribution in [0.15, 0.2) is 24.3 Å².